The summed E-state index contributed by atoms with van der Waals surface area (Å²) in [5.74, 6) is 0. The zero-order valence-electron chi connectivity index (χ0n) is 4.75. The Morgan fingerprint density at radius 2 is 1.50 bits per heavy atom. The zero-order valence-corrected chi connectivity index (χ0v) is 5.57. The third kappa shape index (κ3) is 664. The van der Waals surface area contributed by atoms with Crippen molar-refractivity contribution in [3.05, 3.63) is 0 Å². The highest BCUT2D eigenvalue weighted by molar-refractivity contribution is 7.83. The predicted molar refractivity (Wildman–Crippen MR) is 32.3 cm³/mol. The molecule has 3 N–H and O–H groups in total. The molecule has 0 atom stereocenters. The number of hydrogen-bond acceptors (Lipinski definition) is 2. The van der Waals surface area contributed by atoms with Crippen molar-refractivity contribution in [1.29, 1.82) is 0 Å². The minimum absolute atomic E-state index is 0. The molecule has 52 valence electrons. The first-order chi connectivity index (χ1) is 3.15. The fourth-order valence-corrected chi connectivity index (χ4v) is 0. The summed E-state index contributed by atoms with van der Waals surface area (Å²) in [5, 5.41) is 6.89. The van der Waals surface area contributed by atoms with Gasteiger partial charge < -0.3 is 10.6 Å². The molecule has 0 saturated heterocycles. The van der Waals surface area contributed by atoms with Crippen LogP contribution in [0.1, 0.15) is 0 Å². The minimum Gasteiger partial charge on any atom is -0.483 e. The molecule has 0 amide bonds. The van der Waals surface area contributed by atoms with Gasteiger partial charge in [0, 0.05) is 23.3 Å². The summed E-state index contributed by atoms with van der Waals surface area (Å²) in [6.07, 6.45) is 3.28. The average Bonchev–Trinajstić information content (AvgIpc) is 1.33. The van der Waals surface area contributed by atoms with E-state index in [0.29, 0.717) is 0 Å². The Balaban J connectivity index is -0.0000000575. The average molecular weight is 142 g/mol. The van der Waals surface area contributed by atoms with E-state index in [1.165, 1.54) is 0 Å². The molecule has 8 heavy (non-hydrogen) atoms. The number of carbonyl (C=O) groups is 1. The molecule has 0 unspecified atom stereocenters. The van der Waals surface area contributed by atoms with Crippen LogP contribution in [-0.2, 0) is 15.6 Å². The van der Waals surface area contributed by atoms with Gasteiger partial charge in [0.1, 0.15) is 0 Å². The van der Waals surface area contributed by atoms with Gasteiger partial charge in [0.05, 0.1) is 0 Å². The Morgan fingerprint density at radius 1 is 1.50 bits per heavy atom. The lowest BCUT2D eigenvalue weighted by Crippen LogP contribution is -1.70. The van der Waals surface area contributed by atoms with Gasteiger partial charge in [-0.2, -0.15) is 0 Å². The molecule has 0 aliphatic carbocycles. The van der Waals surface area contributed by atoms with Crippen molar-refractivity contribution in [2.24, 2.45) is 0 Å². The van der Waals surface area contributed by atoms with Crippen LogP contribution >= 0.6 is 0 Å². The summed E-state index contributed by atoms with van der Waals surface area (Å²) in [6.45, 7) is -0.250. The maximum absolute atomic E-state index is 9.56. The molecule has 0 heterocycles. The molecule has 5 heteroatoms. The number of hydrogen-bond donors (Lipinski definition) is 1. The van der Waals surface area contributed by atoms with Crippen molar-refractivity contribution < 1.29 is 19.6 Å². The first-order valence-corrected chi connectivity index (χ1v) is 3.44. The summed E-state index contributed by atoms with van der Waals surface area (Å²) in [4.78, 5) is 8.36. The second-order valence-corrected chi connectivity index (χ2v) is 2.33. The Hall–Kier alpha value is -0.420. The molecule has 0 aromatic rings. The van der Waals surface area contributed by atoms with Crippen LogP contribution in [-0.4, -0.2) is 33.8 Å². The van der Waals surface area contributed by atoms with Gasteiger partial charge in [-0.05, 0) is 0 Å². The fourth-order valence-electron chi connectivity index (χ4n) is 0. The maximum Gasteiger partial charge on any atom is 0.290 e. The third-order valence-electron chi connectivity index (χ3n) is 0. The highest BCUT2D eigenvalue weighted by atomic mass is 32.2. The Morgan fingerprint density at radius 3 is 1.50 bits per heavy atom. The van der Waals surface area contributed by atoms with Crippen molar-refractivity contribution in [1.82, 2.24) is 0 Å². The summed E-state index contributed by atoms with van der Waals surface area (Å²) in [5.41, 5.74) is 0. The first kappa shape index (κ1) is 15.6. The Labute approximate surface area is 50.3 Å². The van der Waals surface area contributed by atoms with Crippen molar-refractivity contribution in [3.8, 4) is 0 Å². The molecule has 0 aliphatic heterocycles. The van der Waals surface area contributed by atoms with Crippen LogP contribution in [0.15, 0.2) is 0 Å². The molecule has 0 aromatic heterocycles. The van der Waals surface area contributed by atoms with E-state index in [9.17, 15) is 4.21 Å². The van der Waals surface area contributed by atoms with Crippen LogP contribution in [0.5, 0.6) is 0 Å². The van der Waals surface area contributed by atoms with E-state index in [-0.39, 0.29) is 11.9 Å². The zero-order chi connectivity index (χ0) is 6.28. The molecule has 0 radical (unpaired) electrons. The minimum atomic E-state index is -0.611. The van der Waals surface area contributed by atoms with Crippen molar-refractivity contribution in [2.45, 2.75) is 0 Å². The number of rotatable bonds is 0. The summed E-state index contributed by atoms with van der Waals surface area (Å²) in [6, 6.07) is 0. The molecule has 0 saturated carbocycles. The van der Waals surface area contributed by atoms with Crippen LogP contribution in [0, 0.1) is 0 Å². The molecule has 0 rings (SSSR count). The van der Waals surface area contributed by atoms with Crippen molar-refractivity contribution >= 4 is 17.3 Å². The van der Waals surface area contributed by atoms with Crippen molar-refractivity contribution in [3.63, 3.8) is 0 Å². The smallest absolute Gasteiger partial charge is 0.290 e. The fraction of sp³-hybridized carbons (Fsp3) is 0.667. The summed E-state index contributed by atoms with van der Waals surface area (Å²) < 4.78 is 9.56. The van der Waals surface area contributed by atoms with Gasteiger partial charge in [-0.3, -0.25) is 9.00 Å². The lowest BCUT2D eigenvalue weighted by atomic mass is 11.7. The molecule has 0 fully saturated rings. The Kier molecular flexibility index (Phi) is 31.3. The van der Waals surface area contributed by atoms with E-state index in [2.05, 4.69) is 0 Å². The molecular formula is C3H10O4S. The molecule has 4 nitrogen and oxygen atoms in total. The van der Waals surface area contributed by atoms with Gasteiger partial charge >= 0.3 is 0 Å². The van der Waals surface area contributed by atoms with Gasteiger partial charge in [-0.15, -0.1) is 0 Å². The third-order valence-corrected chi connectivity index (χ3v) is 0. The van der Waals surface area contributed by atoms with E-state index in [4.69, 9.17) is 9.90 Å². The monoisotopic (exact) mass is 142 g/mol. The standard InChI is InChI=1S/C2H6OS.CH2O2.H2O/c1-4(2)3;2-1-3;/h1-2H3;1H,(H,2,3);1H2. The number of carboxylic acid groups (broad SMARTS) is 1. The van der Waals surface area contributed by atoms with E-state index in [0.717, 1.165) is 0 Å². The molecule has 0 aromatic carbocycles. The highest BCUT2D eigenvalue weighted by Crippen LogP contribution is 1.47. The normalized spacial score (nSPS) is 5.88. The molecular weight excluding hydrogens is 132 g/mol. The second kappa shape index (κ2) is 16.0. The molecule has 0 bridgehead atoms. The topological polar surface area (TPSA) is 85.9 Å². The maximum atomic E-state index is 9.56. The van der Waals surface area contributed by atoms with Gasteiger partial charge in [0.25, 0.3) is 6.47 Å². The van der Waals surface area contributed by atoms with Crippen LogP contribution in [0.4, 0.5) is 0 Å². The lowest BCUT2D eigenvalue weighted by molar-refractivity contribution is -0.122. The largest absolute Gasteiger partial charge is 0.483 e. The van der Waals surface area contributed by atoms with Crippen molar-refractivity contribution in [2.75, 3.05) is 12.5 Å². The highest BCUT2D eigenvalue weighted by Gasteiger charge is 1.57. The quantitative estimate of drug-likeness (QED) is 0.434. The van der Waals surface area contributed by atoms with Crippen LogP contribution in [0.2, 0.25) is 0 Å². The van der Waals surface area contributed by atoms with E-state index in [1.54, 1.807) is 12.5 Å². The van der Waals surface area contributed by atoms with Gasteiger partial charge in [0.2, 0.25) is 0 Å². The van der Waals surface area contributed by atoms with E-state index < -0.39 is 10.8 Å². The van der Waals surface area contributed by atoms with Crippen LogP contribution in [0.3, 0.4) is 0 Å². The first-order valence-electron chi connectivity index (χ1n) is 1.48. The van der Waals surface area contributed by atoms with Crippen LogP contribution in [0.25, 0.3) is 0 Å². The van der Waals surface area contributed by atoms with E-state index >= 15 is 0 Å². The SMILES string of the molecule is CS(C)=O.O.O=CO. The summed E-state index contributed by atoms with van der Waals surface area (Å²) in [7, 11) is -0.611. The lowest BCUT2D eigenvalue weighted by Gasteiger charge is -1.60. The second-order valence-electron chi connectivity index (χ2n) is 0.847. The van der Waals surface area contributed by atoms with E-state index in [1.807, 2.05) is 0 Å². The Bertz CT molecular complexity index is 58.3. The molecule has 0 aliphatic rings. The van der Waals surface area contributed by atoms with Crippen LogP contribution < -0.4 is 0 Å². The van der Waals surface area contributed by atoms with Gasteiger partial charge in [-0.1, -0.05) is 0 Å². The predicted octanol–water partition coefficient (Wildman–Crippen LogP) is -1.13. The van der Waals surface area contributed by atoms with Gasteiger partial charge in [0.15, 0.2) is 0 Å². The summed E-state index contributed by atoms with van der Waals surface area (Å²) >= 11 is 0. The molecule has 0 spiro atoms. The van der Waals surface area contributed by atoms with Gasteiger partial charge in [-0.25, -0.2) is 0 Å².